The summed E-state index contributed by atoms with van der Waals surface area (Å²) in [6, 6.07) is 8.33. The number of esters is 1. The minimum Gasteiger partial charge on any atom is -0.481 e. The number of carboxylic acid groups (broad SMARTS) is 1. The predicted octanol–water partition coefficient (Wildman–Crippen LogP) is 3.45. The van der Waals surface area contributed by atoms with Gasteiger partial charge in [0.05, 0.1) is 5.92 Å². The average molecular weight is 387 g/mol. The van der Waals surface area contributed by atoms with Crippen molar-refractivity contribution in [2.45, 2.75) is 52.7 Å². The Morgan fingerprint density at radius 3 is 2.21 bits per heavy atom. The molecule has 0 aliphatic rings. The highest BCUT2D eigenvalue weighted by Crippen LogP contribution is 2.21. The Kier molecular flexibility index (Phi) is 9.15. The summed E-state index contributed by atoms with van der Waals surface area (Å²) in [6.07, 6.45) is 4.04. The molecule has 0 aliphatic carbocycles. The maximum Gasteiger partial charge on any atom is 0.329 e. The summed E-state index contributed by atoms with van der Waals surface area (Å²) in [4.78, 5) is 36.2. The first-order chi connectivity index (χ1) is 13.2. The third-order valence-electron chi connectivity index (χ3n) is 4.73. The highest BCUT2D eigenvalue weighted by Gasteiger charge is 2.32. The Hall–Kier alpha value is -2.89. The average Bonchev–Trinajstić information content (AvgIpc) is 2.69. The fourth-order valence-corrected chi connectivity index (χ4v) is 2.40. The summed E-state index contributed by atoms with van der Waals surface area (Å²) in [6.45, 7) is 8.53. The summed E-state index contributed by atoms with van der Waals surface area (Å²) < 4.78 is 5.36. The topological polar surface area (TPSA) is 92.7 Å². The van der Waals surface area contributed by atoms with Crippen LogP contribution < -0.4 is 5.32 Å². The highest BCUT2D eigenvalue weighted by atomic mass is 16.5. The van der Waals surface area contributed by atoms with E-state index in [4.69, 9.17) is 9.84 Å². The Morgan fingerprint density at radius 1 is 1.07 bits per heavy atom. The van der Waals surface area contributed by atoms with Crippen molar-refractivity contribution < 1.29 is 24.2 Å². The number of carbonyl (C=O) groups excluding carboxylic acids is 2. The van der Waals surface area contributed by atoms with Crippen LogP contribution in [-0.4, -0.2) is 35.1 Å². The molecule has 1 amide bonds. The molecule has 0 aliphatic heterocycles. The van der Waals surface area contributed by atoms with Gasteiger partial charge in [-0.25, -0.2) is 4.79 Å². The number of hydrogen-bond donors (Lipinski definition) is 2. The SMILES string of the molecule is CC=C(C)C=CC(=O)N[C@H](C(=O)O[C@H](C)[C@@H](C)C(=O)O)[C@H](C)c1ccccc1. The van der Waals surface area contributed by atoms with Crippen molar-refractivity contribution in [3.63, 3.8) is 0 Å². The molecular weight excluding hydrogens is 358 g/mol. The second-order valence-corrected chi connectivity index (χ2v) is 6.82. The third kappa shape index (κ3) is 7.02. The summed E-state index contributed by atoms with van der Waals surface area (Å²) in [5.41, 5.74) is 1.77. The van der Waals surface area contributed by atoms with Crippen LogP contribution in [0.4, 0.5) is 0 Å². The van der Waals surface area contributed by atoms with Crippen molar-refractivity contribution in [3.8, 4) is 0 Å². The zero-order chi connectivity index (χ0) is 21.3. The Balaban J connectivity index is 3.03. The molecule has 1 rings (SSSR count). The summed E-state index contributed by atoms with van der Waals surface area (Å²) in [5.74, 6) is -3.36. The van der Waals surface area contributed by atoms with E-state index in [1.165, 1.54) is 19.9 Å². The molecule has 28 heavy (non-hydrogen) atoms. The van der Waals surface area contributed by atoms with E-state index in [1.54, 1.807) is 6.08 Å². The maximum absolute atomic E-state index is 12.8. The van der Waals surface area contributed by atoms with E-state index < -0.39 is 35.9 Å². The van der Waals surface area contributed by atoms with E-state index in [-0.39, 0.29) is 5.92 Å². The lowest BCUT2D eigenvalue weighted by Crippen LogP contribution is -2.46. The molecule has 0 aromatic heterocycles. The fourth-order valence-electron chi connectivity index (χ4n) is 2.40. The third-order valence-corrected chi connectivity index (χ3v) is 4.73. The molecule has 0 heterocycles. The number of nitrogens with one attached hydrogen (secondary N) is 1. The van der Waals surface area contributed by atoms with E-state index >= 15 is 0 Å². The number of benzene rings is 1. The molecule has 0 unspecified atom stereocenters. The molecule has 1 aromatic rings. The van der Waals surface area contributed by atoms with Crippen molar-refractivity contribution in [1.82, 2.24) is 5.32 Å². The van der Waals surface area contributed by atoms with Gasteiger partial charge < -0.3 is 15.2 Å². The van der Waals surface area contributed by atoms with Crippen LogP contribution in [0.25, 0.3) is 0 Å². The lowest BCUT2D eigenvalue weighted by atomic mass is 9.93. The van der Waals surface area contributed by atoms with Crippen molar-refractivity contribution in [2.24, 2.45) is 5.92 Å². The Bertz CT molecular complexity index is 739. The molecule has 6 heteroatoms. The van der Waals surface area contributed by atoms with Gasteiger partial charge in [0.1, 0.15) is 12.1 Å². The van der Waals surface area contributed by atoms with Gasteiger partial charge in [0.2, 0.25) is 5.91 Å². The van der Waals surface area contributed by atoms with Gasteiger partial charge in [0.15, 0.2) is 0 Å². The van der Waals surface area contributed by atoms with Crippen LogP contribution in [0.1, 0.15) is 46.1 Å². The number of ether oxygens (including phenoxy) is 1. The minimum atomic E-state index is -1.05. The van der Waals surface area contributed by atoms with Gasteiger partial charge in [-0.1, -0.05) is 55.0 Å². The van der Waals surface area contributed by atoms with Crippen LogP contribution in [0.3, 0.4) is 0 Å². The van der Waals surface area contributed by atoms with Crippen LogP contribution in [-0.2, 0) is 19.1 Å². The van der Waals surface area contributed by atoms with Gasteiger partial charge in [0.25, 0.3) is 0 Å². The van der Waals surface area contributed by atoms with Crippen LogP contribution in [0, 0.1) is 5.92 Å². The number of allylic oxidation sites excluding steroid dienone is 3. The first kappa shape index (κ1) is 23.1. The summed E-state index contributed by atoms with van der Waals surface area (Å²) in [7, 11) is 0. The second kappa shape index (κ2) is 11.1. The van der Waals surface area contributed by atoms with E-state index in [0.29, 0.717) is 0 Å². The number of carboxylic acids is 1. The number of hydrogen-bond acceptors (Lipinski definition) is 4. The maximum atomic E-state index is 12.8. The normalized spacial score (nSPS) is 16.1. The van der Waals surface area contributed by atoms with Gasteiger partial charge in [-0.2, -0.15) is 0 Å². The molecular formula is C22H29NO5. The van der Waals surface area contributed by atoms with Gasteiger partial charge in [-0.3, -0.25) is 9.59 Å². The standard InChI is InChI=1S/C22H29NO5/c1-6-14(2)12-13-19(24)23-20(16(4)18-10-8-7-9-11-18)22(27)28-17(5)15(3)21(25)26/h6-13,15-17,20H,1-5H3,(H,23,24)(H,25,26)/t15-,16-,17-,20+/m1/s1. The smallest absolute Gasteiger partial charge is 0.329 e. The largest absolute Gasteiger partial charge is 0.481 e. The van der Waals surface area contributed by atoms with Crippen molar-refractivity contribution >= 4 is 17.8 Å². The molecule has 0 bridgehead atoms. The molecule has 0 radical (unpaired) electrons. The lowest BCUT2D eigenvalue weighted by molar-refractivity contribution is -0.159. The summed E-state index contributed by atoms with van der Waals surface area (Å²) in [5, 5.41) is 11.8. The van der Waals surface area contributed by atoms with E-state index in [0.717, 1.165) is 11.1 Å². The molecule has 1 aromatic carbocycles. The highest BCUT2D eigenvalue weighted by molar-refractivity contribution is 5.92. The molecule has 4 atom stereocenters. The molecule has 2 N–H and O–H groups in total. The minimum absolute atomic E-state index is 0.360. The van der Waals surface area contributed by atoms with Crippen LogP contribution in [0.2, 0.25) is 0 Å². The Labute approximate surface area is 166 Å². The van der Waals surface area contributed by atoms with Crippen LogP contribution in [0.5, 0.6) is 0 Å². The lowest BCUT2D eigenvalue weighted by Gasteiger charge is -2.26. The van der Waals surface area contributed by atoms with Gasteiger partial charge in [0, 0.05) is 12.0 Å². The van der Waals surface area contributed by atoms with E-state index in [2.05, 4.69) is 5.32 Å². The van der Waals surface area contributed by atoms with Crippen molar-refractivity contribution in [1.29, 1.82) is 0 Å². The quantitative estimate of drug-likeness (QED) is 0.385. The summed E-state index contributed by atoms with van der Waals surface area (Å²) >= 11 is 0. The fraction of sp³-hybridized carbons (Fsp3) is 0.409. The molecule has 0 spiro atoms. The molecule has 0 fully saturated rings. The number of rotatable bonds is 9. The molecule has 152 valence electrons. The monoisotopic (exact) mass is 387 g/mol. The van der Waals surface area contributed by atoms with Crippen LogP contribution in [0.15, 0.2) is 54.1 Å². The van der Waals surface area contributed by atoms with Crippen molar-refractivity contribution in [3.05, 3.63) is 59.7 Å². The zero-order valence-corrected chi connectivity index (χ0v) is 17.0. The molecule has 6 nitrogen and oxygen atoms in total. The first-order valence-corrected chi connectivity index (χ1v) is 9.27. The van der Waals surface area contributed by atoms with Gasteiger partial charge >= 0.3 is 11.9 Å². The second-order valence-electron chi connectivity index (χ2n) is 6.82. The predicted molar refractivity (Wildman–Crippen MR) is 108 cm³/mol. The van der Waals surface area contributed by atoms with Gasteiger partial charge in [-0.15, -0.1) is 0 Å². The molecule has 0 saturated heterocycles. The first-order valence-electron chi connectivity index (χ1n) is 9.27. The molecule has 0 saturated carbocycles. The van der Waals surface area contributed by atoms with E-state index in [1.807, 2.05) is 57.2 Å². The van der Waals surface area contributed by atoms with Crippen LogP contribution >= 0.6 is 0 Å². The van der Waals surface area contributed by atoms with E-state index in [9.17, 15) is 14.4 Å². The van der Waals surface area contributed by atoms with Gasteiger partial charge in [-0.05, 0) is 33.3 Å². The Morgan fingerprint density at radius 2 is 1.68 bits per heavy atom. The number of carbonyl (C=O) groups is 3. The number of aliphatic carboxylic acids is 1. The number of amides is 1. The zero-order valence-electron chi connectivity index (χ0n) is 17.0. The van der Waals surface area contributed by atoms with Crippen molar-refractivity contribution in [2.75, 3.05) is 0 Å².